The van der Waals surface area contributed by atoms with Gasteiger partial charge in [0.15, 0.2) is 0 Å². The van der Waals surface area contributed by atoms with Gasteiger partial charge in [-0.25, -0.2) is 14.4 Å². The molecule has 0 heterocycles. The highest BCUT2D eigenvalue weighted by Gasteiger charge is 2.33. The summed E-state index contributed by atoms with van der Waals surface area (Å²) < 4.78 is 13.5. The fourth-order valence-corrected chi connectivity index (χ4v) is 1.16. The van der Waals surface area contributed by atoms with Crippen LogP contribution in [0.4, 0.5) is 0 Å². The van der Waals surface area contributed by atoms with Crippen LogP contribution in [0.25, 0.3) is 0 Å². The lowest BCUT2D eigenvalue weighted by atomic mass is 10.2. The van der Waals surface area contributed by atoms with Gasteiger partial charge in [-0.2, -0.15) is 0 Å². The molecule has 0 saturated carbocycles. The van der Waals surface area contributed by atoms with E-state index in [-0.39, 0.29) is 13.0 Å². The van der Waals surface area contributed by atoms with Gasteiger partial charge in [0.05, 0.1) is 19.8 Å². The number of rotatable bonds is 4. The van der Waals surface area contributed by atoms with Crippen molar-refractivity contribution in [1.82, 2.24) is 0 Å². The Labute approximate surface area is 125 Å². The Kier molecular flexibility index (Phi) is 11.4. The molecule has 0 amide bonds. The molecule has 0 bridgehead atoms. The number of carbonyl (C=O) groups is 3. The normalized spacial score (nSPS) is 8.62. The number of ether oxygens (including phenoxy) is 3. The van der Waals surface area contributed by atoms with Crippen LogP contribution >= 0.6 is 0 Å². The van der Waals surface area contributed by atoms with E-state index >= 15 is 0 Å². The number of hydrogen-bond acceptors (Lipinski definition) is 6. The first-order valence-electron chi connectivity index (χ1n) is 6.01. The Bertz CT molecular complexity index is 425. The fraction of sp³-hybridized carbons (Fsp3) is 0.400. The number of hydrogen-bond donors (Lipinski definition) is 0. The van der Waals surface area contributed by atoms with Crippen LogP contribution in [0, 0.1) is 0 Å². The van der Waals surface area contributed by atoms with Crippen molar-refractivity contribution in [2.45, 2.75) is 27.4 Å². The Morgan fingerprint density at radius 2 is 1.33 bits per heavy atom. The standard InChI is InChI=1S/C12H12O6.C2H6.CH4/c1-16-11(14)9(12(15)17-2)18-10(13)8-6-4-3-5-7-8;1-2;/h3-7,9H,1-2H3;1-2H3;1H4. The molecule has 0 aromatic heterocycles. The molecule has 118 valence electrons. The van der Waals surface area contributed by atoms with Gasteiger partial charge >= 0.3 is 17.9 Å². The summed E-state index contributed by atoms with van der Waals surface area (Å²) in [7, 11) is 2.16. The lowest BCUT2D eigenvalue weighted by Gasteiger charge is -2.13. The van der Waals surface area contributed by atoms with Gasteiger partial charge < -0.3 is 14.2 Å². The van der Waals surface area contributed by atoms with Crippen molar-refractivity contribution < 1.29 is 28.6 Å². The minimum Gasteiger partial charge on any atom is -0.466 e. The van der Waals surface area contributed by atoms with Crippen LogP contribution in [0.15, 0.2) is 30.3 Å². The van der Waals surface area contributed by atoms with E-state index in [4.69, 9.17) is 4.74 Å². The zero-order chi connectivity index (χ0) is 15.5. The molecule has 1 aromatic carbocycles. The molecule has 6 heteroatoms. The maximum atomic E-state index is 11.7. The molecule has 0 aliphatic rings. The Hall–Kier alpha value is -2.37. The first kappa shape index (κ1) is 20.9. The highest BCUT2D eigenvalue weighted by atomic mass is 16.6. The van der Waals surface area contributed by atoms with Crippen molar-refractivity contribution in [3.63, 3.8) is 0 Å². The largest absolute Gasteiger partial charge is 0.466 e. The first-order valence-corrected chi connectivity index (χ1v) is 6.01. The van der Waals surface area contributed by atoms with Gasteiger partial charge in [0.1, 0.15) is 0 Å². The maximum absolute atomic E-state index is 11.7. The molecule has 0 N–H and O–H groups in total. The second-order valence-corrected chi connectivity index (χ2v) is 3.20. The monoisotopic (exact) mass is 298 g/mol. The molecule has 0 fully saturated rings. The first-order chi connectivity index (χ1) is 9.60. The highest BCUT2D eigenvalue weighted by Crippen LogP contribution is 2.06. The molecule has 21 heavy (non-hydrogen) atoms. The van der Waals surface area contributed by atoms with Crippen LogP contribution in [-0.2, 0) is 23.8 Å². The maximum Gasteiger partial charge on any atom is 0.359 e. The van der Waals surface area contributed by atoms with E-state index in [0.717, 1.165) is 14.2 Å². The van der Waals surface area contributed by atoms with Crippen molar-refractivity contribution >= 4 is 17.9 Å². The third-order valence-corrected chi connectivity index (χ3v) is 2.06. The Morgan fingerprint density at radius 1 is 0.905 bits per heavy atom. The van der Waals surface area contributed by atoms with E-state index < -0.39 is 24.0 Å². The Morgan fingerprint density at radius 3 is 1.71 bits per heavy atom. The van der Waals surface area contributed by atoms with Crippen molar-refractivity contribution in [3.8, 4) is 0 Å². The minimum atomic E-state index is -1.72. The summed E-state index contributed by atoms with van der Waals surface area (Å²) in [6.07, 6.45) is -1.72. The molecule has 0 spiro atoms. The zero-order valence-corrected chi connectivity index (χ0v) is 11.9. The van der Waals surface area contributed by atoms with Gasteiger partial charge in [-0.3, -0.25) is 0 Å². The molecular weight excluding hydrogens is 276 g/mol. The van der Waals surface area contributed by atoms with E-state index in [0.29, 0.717) is 0 Å². The van der Waals surface area contributed by atoms with Crippen molar-refractivity contribution in [2.24, 2.45) is 0 Å². The van der Waals surface area contributed by atoms with Gasteiger partial charge in [-0.1, -0.05) is 39.5 Å². The molecule has 0 aliphatic carbocycles. The van der Waals surface area contributed by atoms with Crippen molar-refractivity contribution in [1.29, 1.82) is 0 Å². The molecule has 1 aromatic rings. The summed E-state index contributed by atoms with van der Waals surface area (Å²) in [5, 5.41) is 0. The second-order valence-electron chi connectivity index (χ2n) is 3.20. The third kappa shape index (κ3) is 6.56. The quantitative estimate of drug-likeness (QED) is 0.482. The molecule has 1 rings (SSSR count). The molecule has 0 saturated heterocycles. The van der Waals surface area contributed by atoms with E-state index in [2.05, 4.69) is 9.47 Å². The molecule has 6 nitrogen and oxygen atoms in total. The molecule has 0 atom stereocenters. The van der Waals surface area contributed by atoms with Crippen LogP contribution in [0.2, 0.25) is 0 Å². The number of methoxy groups -OCH3 is 2. The second kappa shape index (κ2) is 11.5. The Balaban J connectivity index is 0. The lowest BCUT2D eigenvalue weighted by molar-refractivity contribution is -0.165. The summed E-state index contributed by atoms with van der Waals surface area (Å²) in [5.41, 5.74) is 0.218. The molecule has 0 unspecified atom stereocenters. The predicted octanol–water partition coefficient (Wildman–Crippen LogP) is 2.22. The van der Waals surface area contributed by atoms with E-state index in [1.54, 1.807) is 18.2 Å². The van der Waals surface area contributed by atoms with Gasteiger partial charge in [0, 0.05) is 0 Å². The lowest BCUT2D eigenvalue weighted by Crippen LogP contribution is -2.36. The van der Waals surface area contributed by atoms with E-state index in [9.17, 15) is 14.4 Å². The minimum absolute atomic E-state index is 0. The highest BCUT2D eigenvalue weighted by molar-refractivity contribution is 6.01. The topological polar surface area (TPSA) is 78.9 Å². The average molecular weight is 298 g/mol. The van der Waals surface area contributed by atoms with Crippen LogP contribution < -0.4 is 0 Å². The summed E-state index contributed by atoms with van der Waals surface area (Å²) >= 11 is 0. The van der Waals surface area contributed by atoms with Gasteiger partial charge in [-0.05, 0) is 12.1 Å². The fourth-order valence-electron chi connectivity index (χ4n) is 1.16. The van der Waals surface area contributed by atoms with E-state index in [1.165, 1.54) is 12.1 Å². The van der Waals surface area contributed by atoms with Crippen LogP contribution in [0.5, 0.6) is 0 Å². The molecule has 0 radical (unpaired) electrons. The van der Waals surface area contributed by atoms with Crippen LogP contribution in [0.3, 0.4) is 0 Å². The van der Waals surface area contributed by atoms with Crippen LogP contribution in [0.1, 0.15) is 31.6 Å². The number of esters is 3. The predicted molar refractivity (Wildman–Crippen MR) is 77.8 cm³/mol. The molecular formula is C15H22O6. The molecule has 0 aliphatic heterocycles. The third-order valence-electron chi connectivity index (χ3n) is 2.06. The summed E-state index contributed by atoms with van der Waals surface area (Å²) in [5.74, 6) is -2.80. The zero-order valence-electron chi connectivity index (χ0n) is 11.9. The smallest absolute Gasteiger partial charge is 0.359 e. The van der Waals surface area contributed by atoms with Gasteiger partial charge in [-0.15, -0.1) is 0 Å². The number of benzene rings is 1. The van der Waals surface area contributed by atoms with Gasteiger partial charge in [0.2, 0.25) is 0 Å². The summed E-state index contributed by atoms with van der Waals surface area (Å²) in [4.78, 5) is 34.2. The SMILES string of the molecule is C.CC.COC(=O)C(OC(=O)c1ccccc1)C(=O)OC. The summed E-state index contributed by atoms with van der Waals surface area (Å²) in [6, 6.07) is 7.96. The summed E-state index contributed by atoms with van der Waals surface area (Å²) in [6.45, 7) is 4.00. The van der Waals surface area contributed by atoms with Gasteiger partial charge in [0.25, 0.3) is 6.10 Å². The van der Waals surface area contributed by atoms with Crippen LogP contribution in [-0.4, -0.2) is 38.2 Å². The van der Waals surface area contributed by atoms with E-state index in [1.807, 2.05) is 13.8 Å². The van der Waals surface area contributed by atoms with Crippen molar-refractivity contribution in [3.05, 3.63) is 35.9 Å². The average Bonchev–Trinajstić information content (AvgIpc) is 2.53. The number of carbonyl (C=O) groups excluding carboxylic acids is 3. The van der Waals surface area contributed by atoms with Crippen molar-refractivity contribution in [2.75, 3.05) is 14.2 Å².